The lowest BCUT2D eigenvalue weighted by atomic mass is 10.1. The zero-order chi connectivity index (χ0) is 20.6. The average Bonchev–Trinajstić information content (AvgIpc) is 3.55. The van der Waals surface area contributed by atoms with E-state index < -0.39 is 0 Å². The zero-order valence-corrected chi connectivity index (χ0v) is 21.1. The summed E-state index contributed by atoms with van der Waals surface area (Å²) in [5.74, 6) is 0.841. The van der Waals surface area contributed by atoms with Gasteiger partial charge in [0.15, 0.2) is 5.96 Å². The molecule has 1 aromatic carbocycles. The van der Waals surface area contributed by atoms with Crippen LogP contribution in [0.1, 0.15) is 34.9 Å². The third-order valence-corrected chi connectivity index (χ3v) is 6.47. The van der Waals surface area contributed by atoms with Crippen LogP contribution in [0.2, 0.25) is 0 Å². The molecule has 0 bridgehead atoms. The Balaban J connectivity index is 0.00000272. The molecule has 0 spiro atoms. The fraction of sp³-hybridized carbons (Fsp3) is 0.391. The number of hydrogen-bond donors (Lipinski definition) is 2. The number of aromatic nitrogens is 2. The van der Waals surface area contributed by atoms with Crippen molar-refractivity contribution in [1.82, 2.24) is 25.3 Å². The Hall–Kier alpha value is -1.91. The Labute approximate surface area is 205 Å². The van der Waals surface area contributed by atoms with Crippen LogP contribution in [-0.4, -0.2) is 47.3 Å². The van der Waals surface area contributed by atoms with Gasteiger partial charge in [-0.2, -0.15) is 5.10 Å². The molecule has 1 saturated heterocycles. The van der Waals surface area contributed by atoms with Crippen LogP contribution in [-0.2, 0) is 13.1 Å². The van der Waals surface area contributed by atoms with Crippen molar-refractivity contribution in [3.63, 3.8) is 0 Å². The van der Waals surface area contributed by atoms with Crippen molar-refractivity contribution in [2.45, 2.75) is 32.0 Å². The maximum absolute atomic E-state index is 4.43. The second kappa shape index (κ2) is 12.2. The van der Waals surface area contributed by atoms with E-state index in [1.54, 1.807) is 0 Å². The minimum Gasteiger partial charge on any atom is -0.354 e. The average molecular weight is 551 g/mol. The molecule has 1 unspecified atom stereocenters. The lowest BCUT2D eigenvalue weighted by molar-refractivity contribution is 0.249. The summed E-state index contributed by atoms with van der Waals surface area (Å²) < 4.78 is 1.94. The predicted octanol–water partition coefficient (Wildman–Crippen LogP) is 4.11. The molecule has 31 heavy (non-hydrogen) atoms. The molecule has 1 aliphatic heterocycles. The molecular formula is C23H31IN6S. The maximum Gasteiger partial charge on any atom is 0.191 e. The number of guanidine groups is 1. The molecule has 1 atom stereocenters. The zero-order valence-electron chi connectivity index (χ0n) is 17.9. The highest BCUT2D eigenvalue weighted by Crippen LogP contribution is 2.27. The van der Waals surface area contributed by atoms with E-state index in [9.17, 15) is 0 Å². The van der Waals surface area contributed by atoms with Gasteiger partial charge in [0.2, 0.25) is 0 Å². The first-order valence-electron chi connectivity index (χ1n) is 10.6. The maximum atomic E-state index is 4.43. The third-order valence-electron chi connectivity index (χ3n) is 5.49. The lowest BCUT2D eigenvalue weighted by Gasteiger charge is -2.27. The summed E-state index contributed by atoms with van der Waals surface area (Å²) in [5.41, 5.74) is 2.48. The van der Waals surface area contributed by atoms with Gasteiger partial charge in [-0.05, 0) is 54.6 Å². The fourth-order valence-electron chi connectivity index (χ4n) is 3.96. The van der Waals surface area contributed by atoms with Gasteiger partial charge in [0.1, 0.15) is 0 Å². The van der Waals surface area contributed by atoms with Gasteiger partial charge < -0.3 is 10.6 Å². The molecule has 8 heteroatoms. The molecule has 166 valence electrons. The SMILES string of the molecule is CN=C(NCc1cccc(Cn2cccn2)c1)NCC(c1cccs1)N1CCCC1.I. The fourth-order valence-corrected chi connectivity index (χ4v) is 4.82. The Morgan fingerprint density at radius 3 is 2.68 bits per heavy atom. The Morgan fingerprint density at radius 1 is 1.13 bits per heavy atom. The van der Waals surface area contributed by atoms with Crippen molar-refractivity contribution in [2.75, 3.05) is 26.7 Å². The normalized spacial score (nSPS) is 15.5. The topological polar surface area (TPSA) is 57.5 Å². The summed E-state index contributed by atoms with van der Waals surface area (Å²) in [5, 5.41) is 13.5. The smallest absolute Gasteiger partial charge is 0.191 e. The van der Waals surface area contributed by atoms with Crippen LogP contribution in [0.3, 0.4) is 0 Å². The summed E-state index contributed by atoms with van der Waals surface area (Å²) in [6.07, 6.45) is 6.39. The molecule has 3 heterocycles. The van der Waals surface area contributed by atoms with Crippen LogP contribution in [0.25, 0.3) is 0 Å². The number of likely N-dealkylation sites (tertiary alicyclic amines) is 1. The van der Waals surface area contributed by atoms with E-state index in [1.165, 1.54) is 41.9 Å². The minimum atomic E-state index is 0. The summed E-state index contributed by atoms with van der Waals surface area (Å²) in [6, 6.07) is 15.4. The monoisotopic (exact) mass is 550 g/mol. The molecule has 1 fully saturated rings. The highest BCUT2D eigenvalue weighted by Gasteiger charge is 2.24. The number of hydrogen-bond acceptors (Lipinski definition) is 4. The van der Waals surface area contributed by atoms with E-state index >= 15 is 0 Å². The van der Waals surface area contributed by atoms with Crippen molar-refractivity contribution in [2.24, 2.45) is 4.99 Å². The number of nitrogens with zero attached hydrogens (tertiary/aromatic N) is 4. The quantitative estimate of drug-likeness (QED) is 0.252. The third kappa shape index (κ3) is 6.78. The molecular weight excluding hydrogens is 519 g/mol. The summed E-state index contributed by atoms with van der Waals surface area (Å²) in [7, 11) is 1.83. The number of benzene rings is 1. The first-order chi connectivity index (χ1) is 14.8. The van der Waals surface area contributed by atoms with E-state index in [2.05, 4.69) is 67.4 Å². The number of aliphatic imine (C=N–C) groups is 1. The minimum absolute atomic E-state index is 0. The van der Waals surface area contributed by atoms with Gasteiger partial charge in [-0.1, -0.05) is 30.3 Å². The van der Waals surface area contributed by atoms with E-state index in [1.807, 2.05) is 41.5 Å². The number of halogens is 1. The van der Waals surface area contributed by atoms with Gasteiger partial charge in [0.25, 0.3) is 0 Å². The van der Waals surface area contributed by atoms with Gasteiger partial charge in [-0.15, -0.1) is 35.3 Å². The van der Waals surface area contributed by atoms with E-state index in [-0.39, 0.29) is 24.0 Å². The molecule has 2 N–H and O–H groups in total. The van der Waals surface area contributed by atoms with Gasteiger partial charge >= 0.3 is 0 Å². The van der Waals surface area contributed by atoms with Crippen molar-refractivity contribution in [3.8, 4) is 0 Å². The van der Waals surface area contributed by atoms with Crippen LogP contribution in [0.4, 0.5) is 0 Å². The molecule has 6 nitrogen and oxygen atoms in total. The van der Waals surface area contributed by atoms with Gasteiger partial charge in [0, 0.05) is 37.4 Å². The molecule has 0 amide bonds. The highest BCUT2D eigenvalue weighted by atomic mass is 127. The van der Waals surface area contributed by atoms with Crippen molar-refractivity contribution < 1.29 is 0 Å². The Morgan fingerprint density at radius 2 is 1.97 bits per heavy atom. The van der Waals surface area contributed by atoms with Gasteiger partial charge in [-0.25, -0.2) is 0 Å². The number of thiophene rings is 1. The molecule has 4 rings (SSSR count). The molecule has 3 aromatic rings. The van der Waals surface area contributed by atoms with Crippen LogP contribution in [0, 0.1) is 0 Å². The summed E-state index contributed by atoms with van der Waals surface area (Å²) >= 11 is 1.84. The molecule has 1 aliphatic rings. The molecule has 0 radical (unpaired) electrons. The van der Waals surface area contributed by atoms with Crippen LogP contribution in [0.15, 0.2) is 65.2 Å². The number of rotatable bonds is 8. The predicted molar refractivity (Wildman–Crippen MR) is 139 cm³/mol. The van der Waals surface area contributed by atoms with Crippen molar-refractivity contribution >= 4 is 41.3 Å². The first kappa shape index (κ1) is 23.7. The first-order valence-corrected chi connectivity index (χ1v) is 11.5. The highest BCUT2D eigenvalue weighted by molar-refractivity contribution is 14.0. The summed E-state index contributed by atoms with van der Waals surface area (Å²) in [6.45, 7) is 4.74. The second-order valence-electron chi connectivity index (χ2n) is 7.60. The lowest BCUT2D eigenvalue weighted by Crippen LogP contribution is -2.42. The van der Waals surface area contributed by atoms with Crippen molar-refractivity contribution in [1.29, 1.82) is 0 Å². The van der Waals surface area contributed by atoms with Crippen LogP contribution in [0.5, 0.6) is 0 Å². The van der Waals surface area contributed by atoms with E-state index in [0.717, 1.165) is 25.6 Å². The summed E-state index contributed by atoms with van der Waals surface area (Å²) in [4.78, 5) is 8.44. The second-order valence-corrected chi connectivity index (χ2v) is 8.58. The van der Waals surface area contributed by atoms with Crippen LogP contribution >= 0.6 is 35.3 Å². The van der Waals surface area contributed by atoms with E-state index in [0.29, 0.717) is 6.04 Å². The number of nitrogens with one attached hydrogen (secondary N) is 2. The Kier molecular flexibility index (Phi) is 9.35. The van der Waals surface area contributed by atoms with Gasteiger partial charge in [0.05, 0.1) is 12.6 Å². The molecule has 0 saturated carbocycles. The molecule has 0 aliphatic carbocycles. The standard InChI is InChI=1S/C23H30N6S.HI/c1-24-23(26-17-21(22-9-5-14-30-22)28-11-2-3-12-28)25-16-19-7-4-8-20(15-19)18-29-13-6-10-27-29;/h4-10,13-15,21H,2-3,11-12,16-18H2,1H3,(H2,24,25,26);1H. The van der Waals surface area contributed by atoms with Gasteiger partial charge in [-0.3, -0.25) is 14.6 Å². The van der Waals surface area contributed by atoms with E-state index in [4.69, 9.17) is 0 Å². The Bertz CT molecular complexity index is 919. The largest absolute Gasteiger partial charge is 0.354 e. The van der Waals surface area contributed by atoms with Crippen molar-refractivity contribution in [3.05, 3.63) is 76.2 Å². The molecule has 2 aromatic heterocycles. The van der Waals surface area contributed by atoms with Crippen LogP contribution < -0.4 is 10.6 Å².